The van der Waals surface area contributed by atoms with E-state index in [1.807, 2.05) is 0 Å². The Morgan fingerprint density at radius 2 is 2.00 bits per heavy atom. The monoisotopic (exact) mass is 208 g/mol. The van der Waals surface area contributed by atoms with Crippen LogP contribution in [0.5, 0.6) is 0 Å². The number of esters is 2. The molecule has 0 atom stereocenters. The second-order valence-electron chi connectivity index (χ2n) is 2.18. The third-order valence-corrected chi connectivity index (χ3v) is 1.15. The van der Waals surface area contributed by atoms with Gasteiger partial charge in [-0.1, -0.05) is 6.08 Å². The number of methoxy groups -OCH3 is 1. The molecule has 0 aromatic heterocycles. The summed E-state index contributed by atoms with van der Waals surface area (Å²) >= 11 is 0. The molecule has 6 heteroatoms. The van der Waals surface area contributed by atoms with Crippen molar-refractivity contribution in [3.63, 3.8) is 0 Å². The van der Waals surface area contributed by atoms with Crippen LogP contribution in [0.1, 0.15) is 6.42 Å². The van der Waals surface area contributed by atoms with Crippen LogP contribution in [-0.4, -0.2) is 32.1 Å². The molecule has 4 nitrogen and oxygen atoms in total. The maximum atomic E-state index is 11.5. The van der Waals surface area contributed by atoms with Crippen LogP contribution in [0.25, 0.3) is 0 Å². The van der Waals surface area contributed by atoms with Gasteiger partial charge in [-0.15, -0.1) is 0 Å². The molecular formula is C8H10F2O4. The van der Waals surface area contributed by atoms with Crippen molar-refractivity contribution < 1.29 is 27.8 Å². The molecule has 0 amide bonds. The van der Waals surface area contributed by atoms with Crippen molar-refractivity contribution in [2.75, 3.05) is 13.7 Å². The first-order valence-corrected chi connectivity index (χ1v) is 3.77. The molecule has 0 heterocycles. The molecule has 0 rings (SSSR count). The molecule has 0 fully saturated rings. The Morgan fingerprint density at radius 3 is 2.50 bits per heavy atom. The maximum absolute atomic E-state index is 11.5. The van der Waals surface area contributed by atoms with Crippen LogP contribution in [0.3, 0.4) is 0 Å². The molecule has 0 aromatic rings. The van der Waals surface area contributed by atoms with Crippen LogP contribution in [0.2, 0.25) is 0 Å². The lowest BCUT2D eigenvalue weighted by Crippen LogP contribution is -2.19. The van der Waals surface area contributed by atoms with Gasteiger partial charge in [0.1, 0.15) is 0 Å². The summed E-state index contributed by atoms with van der Waals surface area (Å²) in [7, 11) is 1.04. The smallest absolute Gasteiger partial charge is 0.417 e. The quantitative estimate of drug-likeness (QED) is 0.298. The van der Waals surface area contributed by atoms with Crippen molar-refractivity contribution in [3.05, 3.63) is 12.2 Å². The van der Waals surface area contributed by atoms with Crippen molar-refractivity contribution in [1.29, 1.82) is 0 Å². The number of ether oxygens (including phenoxy) is 2. The summed E-state index contributed by atoms with van der Waals surface area (Å²) in [4.78, 5) is 21.1. The highest BCUT2D eigenvalue weighted by Crippen LogP contribution is 1.95. The van der Waals surface area contributed by atoms with Gasteiger partial charge in [-0.2, -0.15) is 0 Å². The summed E-state index contributed by atoms with van der Waals surface area (Å²) in [6.45, 7) is -0.128. The first-order valence-electron chi connectivity index (χ1n) is 3.77. The number of rotatable bonds is 4. The van der Waals surface area contributed by atoms with Gasteiger partial charge >= 0.3 is 11.9 Å². The van der Waals surface area contributed by atoms with Crippen molar-refractivity contribution in [2.45, 2.75) is 12.8 Å². The average molecular weight is 208 g/mol. The van der Waals surface area contributed by atoms with E-state index in [9.17, 15) is 18.4 Å². The van der Waals surface area contributed by atoms with E-state index in [2.05, 4.69) is 9.47 Å². The lowest BCUT2D eigenvalue weighted by Gasteiger charge is -1.99. The molecule has 80 valence electrons. The van der Waals surface area contributed by atoms with Crippen LogP contribution in [-0.2, 0) is 19.1 Å². The third-order valence-electron chi connectivity index (χ3n) is 1.15. The molecule has 0 aliphatic rings. The molecule has 0 bridgehead atoms. The van der Waals surface area contributed by atoms with Gasteiger partial charge in [0, 0.05) is 0 Å². The van der Waals surface area contributed by atoms with Gasteiger partial charge in [0.2, 0.25) is 0 Å². The van der Waals surface area contributed by atoms with Crippen LogP contribution in [0.15, 0.2) is 12.2 Å². The number of alkyl halides is 2. The number of allylic oxidation sites excluding steroid dienone is 1. The molecule has 0 spiro atoms. The zero-order valence-electron chi connectivity index (χ0n) is 7.54. The summed E-state index contributed by atoms with van der Waals surface area (Å²) < 4.78 is 31.5. The van der Waals surface area contributed by atoms with E-state index in [1.54, 1.807) is 0 Å². The predicted molar refractivity (Wildman–Crippen MR) is 42.7 cm³/mol. The Labute approximate surface area is 79.5 Å². The Balaban J connectivity index is 3.55. The van der Waals surface area contributed by atoms with Gasteiger partial charge in [-0.05, 0) is 12.5 Å². The number of hydrogen-bond donors (Lipinski definition) is 0. The maximum Gasteiger partial charge on any atom is 0.417 e. The number of halogens is 2. The molecular weight excluding hydrogens is 198 g/mol. The Kier molecular flexibility index (Phi) is 6.26. The van der Waals surface area contributed by atoms with Crippen LogP contribution >= 0.6 is 0 Å². The van der Waals surface area contributed by atoms with E-state index in [1.165, 1.54) is 0 Å². The zero-order valence-corrected chi connectivity index (χ0v) is 7.54. The number of hydrogen-bond acceptors (Lipinski definition) is 4. The minimum atomic E-state index is -2.52. The fraction of sp³-hybridized carbons (Fsp3) is 0.500. The van der Waals surface area contributed by atoms with Gasteiger partial charge in [0.05, 0.1) is 13.7 Å². The number of carbonyl (C=O) groups is 2. The molecule has 0 radical (unpaired) electrons. The first-order chi connectivity index (χ1) is 6.57. The SMILES string of the molecule is COC(=O)C(=O)OCCC=CC(F)F. The Hall–Kier alpha value is -1.46. The van der Waals surface area contributed by atoms with E-state index in [0.717, 1.165) is 13.2 Å². The third kappa shape index (κ3) is 6.10. The zero-order chi connectivity index (χ0) is 11.0. The molecule has 0 unspecified atom stereocenters. The molecule has 0 saturated heterocycles. The van der Waals surface area contributed by atoms with Crippen LogP contribution in [0.4, 0.5) is 8.78 Å². The minimum absolute atomic E-state index is 0.128. The molecule has 14 heavy (non-hydrogen) atoms. The highest BCUT2D eigenvalue weighted by atomic mass is 19.3. The van der Waals surface area contributed by atoms with Crippen molar-refractivity contribution >= 4 is 11.9 Å². The van der Waals surface area contributed by atoms with E-state index in [4.69, 9.17) is 0 Å². The molecule has 0 aromatic carbocycles. The highest BCUT2D eigenvalue weighted by molar-refractivity contribution is 6.29. The van der Waals surface area contributed by atoms with E-state index >= 15 is 0 Å². The summed E-state index contributed by atoms with van der Waals surface area (Å²) in [5, 5.41) is 0. The second kappa shape index (κ2) is 6.99. The number of carbonyl (C=O) groups excluding carboxylic acids is 2. The highest BCUT2D eigenvalue weighted by Gasteiger charge is 2.14. The van der Waals surface area contributed by atoms with Crippen molar-refractivity contribution in [3.8, 4) is 0 Å². The summed E-state index contributed by atoms with van der Waals surface area (Å²) in [6.07, 6.45) is -0.555. The topological polar surface area (TPSA) is 52.6 Å². The van der Waals surface area contributed by atoms with Crippen LogP contribution in [0, 0.1) is 0 Å². The first kappa shape index (κ1) is 12.5. The molecule has 0 saturated carbocycles. The van der Waals surface area contributed by atoms with E-state index in [-0.39, 0.29) is 13.0 Å². The predicted octanol–water partition coefficient (Wildman–Crippen LogP) is 0.914. The van der Waals surface area contributed by atoms with Gasteiger partial charge in [0.15, 0.2) is 0 Å². The Bertz CT molecular complexity index is 225. The summed E-state index contributed by atoms with van der Waals surface area (Å²) in [5.74, 6) is -2.24. The van der Waals surface area contributed by atoms with E-state index in [0.29, 0.717) is 6.08 Å². The normalized spacial score (nSPS) is 10.6. The standard InChI is InChI=1S/C8H10F2O4/c1-13-7(11)8(12)14-5-3-2-4-6(9)10/h2,4,6H,3,5H2,1H3. The van der Waals surface area contributed by atoms with Gasteiger partial charge in [0.25, 0.3) is 6.43 Å². The largest absolute Gasteiger partial charge is 0.461 e. The van der Waals surface area contributed by atoms with Gasteiger partial charge in [-0.25, -0.2) is 18.4 Å². The van der Waals surface area contributed by atoms with Crippen molar-refractivity contribution in [1.82, 2.24) is 0 Å². The van der Waals surface area contributed by atoms with E-state index < -0.39 is 18.4 Å². The van der Waals surface area contributed by atoms with Gasteiger partial charge in [-0.3, -0.25) is 0 Å². The lowest BCUT2D eigenvalue weighted by molar-refractivity contribution is -0.165. The summed E-state index contributed by atoms with van der Waals surface area (Å²) in [5.41, 5.74) is 0. The lowest BCUT2D eigenvalue weighted by atomic mass is 10.4. The fourth-order valence-corrected chi connectivity index (χ4v) is 0.561. The molecule has 0 aliphatic carbocycles. The second-order valence-corrected chi connectivity index (χ2v) is 2.18. The average Bonchev–Trinajstić information content (AvgIpc) is 2.15. The Morgan fingerprint density at radius 1 is 1.36 bits per heavy atom. The van der Waals surface area contributed by atoms with Crippen LogP contribution < -0.4 is 0 Å². The molecule has 0 N–H and O–H groups in total. The summed E-state index contributed by atoms with van der Waals surface area (Å²) in [6, 6.07) is 0. The van der Waals surface area contributed by atoms with Gasteiger partial charge < -0.3 is 9.47 Å². The van der Waals surface area contributed by atoms with Crippen molar-refractivity contribution in [2.24, 2.45) is 0 Å². The minimum Gasteiger partial charge on any atom is -0.461 e. The molecule has 0 aliphatic heterocycles. The fourth-order valence-electron chi connectivity index (χ4n) is 0.561.